The third-order valence-corrected chi connectivity index (χ3v) is 2.98. The Labute approximate surface area is 97.6 Å². The molecule has 90 valence electrons. The Kier molecular flexibility index (Phi) is 5.46. The first kappa shape index (κ1) is 13.2. The lowest BCUT2D eigenvalue weighted by Gasteiger charge is -2.29. The molecule has 16 heavy (non-hydrogen) atoms. The maximum atomic E-state index is 5.84. The van der Waals surface area contributed by atoms with E-state index in [2.05, 4.69) is 12.1 Å². The Hall–Kier alpha value is -0.900. The summed E-state index contributed by atoms with van der Waals surface area (Å²) in [7, 11) is 3.39. The molecule has 1 aromatic rings. The molecule has 0 radical (unpaired) electrons. The first-order valence-electron chi connectivity index (χ1n) is 5.55. The fourth-order valence-corrected chi connectivity index (χ4v) is 1.98. The van der Waals surface area contributed by atoms with Crippen molar-refractivity contribution < 1.29 is 9.47 Å². The molecule has 2 N–H and O–H groups in total. The summed E-state index contributed by atoms with van der Waals surface area (Å²) < 4.78 is 10.8. The summed E-state index contributed by atoms with van der Waals surface area (Å²) in [6.07, 6.45) is 0.0103. The van der Waals surface area contributed by atoms with Gasteiger partial charge >= 0.3 is 0 Å². The monoisotopic (exact) mass is 223 g/mol. The second kappa shape index (κ2) is 6.63. The molecule has 0 fully saturated rings. The smallest absolute Gasteiger partial charge is 0.0910 e. The summed E-state index contributed by atoms with van der Waals surface area (Å²) in [6.45, 7) is 2.55. The minimum atomic E-state index is -0.0163. The Morgan fingerprint density at radius 2 is 1.75 bits per heavy atom. The summed E-state index contributed by atoms with van der Waals surface area (Å²) in [6, 6.07) is 10.2. The van der Waals surface area contributed by atoms with Crippen LogP contribution in [0.3, 0.4) is 0 Å². The molecule has 0 saturated heterocycles. The third kappa shape index (κ3) is 3.04. The topological polar surface area (TPSA) is 44.5 Å². The van der Waals surface area contributed by atoms with E-state index in [-0.39, 0.29) is 18.1 Å². The van der Waals surface area contributed by atoms with Crippen molar-refractivity contribution in [1.29, 1.82) is 0 Å². The van der Waals surface area contributed by atoms with Crippen LogP contribution in [-0.4, -0.2) is 33.0 Å². The summed E-state index contributed by atoms with van der Waals surface area (Å²) in [5, 5.41) is 0. The molecule has 1 aromatic carbocycles. The number of ether oxygens (including phenoxy) is 2. The van der Waals surface area contributed by atoms with Crippen LogP contribution in [0.15, 0.2) is 30.3 Å². The predicted molar refractivity (Wildman–Crippen MR) is 65.5 cm³/mol. The van der Waals surface area contributed by atoms with E-state index in [9.17, 15) is 0 Å². The highest BCUT2D eigenvalue weighted by Gasteiger charge is 2.26. The highest BCUT2D eigenvalue weighted by molar-refractivity contribution is 5.21. The van der Waals surface area contributed by atoms with Crippen LogP contribution in [0, 0.1) is 0 Å². The van der Waals surface area contributed by atoms with Gasteiger partial charge in [-0.25, -0.2) is 0 Å². The van der Waals surface area contributed by atoms with Crippen LogP contribution in [0.25, 0.3) is 0 Å². The van der Waals surface area contributed by atoms with Crippen LogP contribution in [0.4, 0.5) is 0 Å². The number of benzene rings is 1. The van der Waals surface area contributed by atoms with E-state index in [1.807, 2.05) is 25.1 Å². The lowest BCUT2D eigenvalue weighted by molar-refractivity contribution is -0.0385. The normalized spacial score (nSPS) is 16.8. The lowest BCUT2D eigenvalue weighted by Crippen LogP contribution is -2.37. The van der Waals surface area contributed by atoms with E-state index in [0.717, 1.165) is 0 Å². The number of hydrogen-bond donors (Lipinski definition) is 1. The van der Waals surface area contributed by atoms with E-state index >= 15 is 0 Å². The molecule has 0 aromatic heterocycles. The lowest BCUT2D eigenvalue weighted by atomic mass is 9.90. The minimum absolute atomic E-state index is 0.0163. The summed E-state index contributed by atoms with van der Waals surface area (Å²) >= 11 is 0. The van der Waals surface area contributed by atoms with Gasteiger partial charge in [-0.05, 0) is 12.5 Å². The first-order valence-corrected chi connectivity index (χ1v) is 5.55. The van der Waals surface area contributed by atoms with Crippen molar-refractivity contribution in [2.75, 3.05) is 20.8 Å². The molecule has 0 heterocycles. The van der Waals surface area contributed by atoms with E-state index in [1.165, 1.54) is 5.56 Å². The van der Waals surface area contributed by atoms with Gasteiger partial charge in [0.15, 0.2) is 0 Å². The molecule has 0 amide bonds. The first-order chi connectivity index (χ1) is 7.74. The highest BCUT2D eigenvalue weighted by atomic mass is 16.5. The van der Waals surface area contributed by atoms with Crippen LogP contribution in [0.1, 0.15) is 18.4 Å². The van der Waals surface area contributed by atoms with Gasteiger partial charge in [-0.2, -0.15) is 0 Å². The Morgan fingerprint density at radius 1 is 1.12 bits per heavy atom. The predicted octanol–water partition coefficient (Wildman–Crippen LogP) is 1.78. The Morgan fingerprint density at radius 3 is 2.19 bits per heavy atom. The molecule has 0 aliphatic rings. The van der Waals surface area contributed by atoms with Crippen molar-refractivity contribution in [2.24, 2.45) is 5.73 Å². The molecule has 3 atom stereocenters. The van der Waals surface area contributed by atoms with Gasteiger partial charge in [-0.3, -0.25) is 0 Å². The Bertz CT molecular complexity index is 289. The van der Waals surface area contributed by atoms with Crippen LogP contribution in [-0.2, 0) is 9.47 Å². The second-order valence-electron chi connectivity index (χ2n) is 3.89. The number of hydrogen-bond acceptors (Lipinski definition) is 3. The average Bonchev–Trinajstić information content (AvgIpc) is 2.36. The zero-order valence-corrected chi connectivity index (χ0v) is 10.2. The summed E-state index contributed by atoms with van der Waals surface area (Å²) in [5.41, 5.74) is 7.03. The number of methoxy groups -OCH3 is 2. The zero-order chi connectivity index (χ0) is 12.0. The second-order valence-corrected chi connectivity index (χ2v) is 3.89. The van der Waals surface area contributed by atoms with Gasteiger partial charge in [0, 0.05) is 26.7 Å². The number of rotatable bonds is 6. The molecule has 3 nitrogen and oxygen atoms in total. The molecule has 0 bridgehead atoms. The fourth-order valence-electron chi connectivity index (χ4n) is 1.98. The van der Waals surface area contributed by atoms with E-state index in [4.69, 9.17) is 15.2 Å². The summed E-state index contributed by atoms with van der Waals surface area (Å²) in [4.78, 5) is 0. The van der Waals surface area contributed by atoms with Gasteiger partial charge in [-0.15, -0.1) is 0 Å². The zero-order valence-electron chi connectivity index (χ0n) is 10.2. The molecule has 0 aliphatic heterocycles. The van der Waals surface area contributed by atoms with Crippen LogP contribution >= 0.6 is 0 Å². The van der Waals surface area contributed by atoms with Gasteiger partial charge in [-0.1, -0.05) is 30.3 Å². The molecular weight excluding hydrogens is 202 g/mol. The number of nitrogens with two attached hydrogens (primary N) is 1. The van der Waals surface area contributed by atoms with Crippen LogP contribution in [0.5, 0.6) is 0 Å². The summed E-state index contributed by atoms with van der Waals surface area (Å²) in [5.74, 6) is 0.168. The average molecular weight is 223 g/mol. The molecule has 0 spiro atoms. The van der Waals surface area contributed by atoms with Gasteiger partial charge in [0.25, 0.3) is 0 Å². The Balaban J connectivity index is 2.87. The van der Waals surface area contributed by atoms with Crippen molar-refractivity contribution in [3.8, 4) is 0 Å². The molecular formula is C13H21NO2. The van der Waals surface area contributed by atoms with Gasteiger partial charge < -0.3 is 15.2 Å². The molecule has 0 saturated carbocycles. The largest absolute Gasteiger partial charge is 0.379 e. The third-order valence-electron chi connectivity index (χ3n) is 2.98. The molecule has 1 rings (SSSR count). The van der Waals surface area contributed by atoms with E-state index in [0.29, 0.717) is 6.54 Å². The standard InChI is InChI=1S/C13H21NO2/c1-10(15-2)13(16-3)12(9-14)11-7-5-4-6-8-11/h4-8,10,12-13H,9,14H2,1-3H3. The van der Waals surface area contributed by atoms with Crippen molar-refractivity contribution in [3.05, 3.63) is 35.9 Å². The van der Waals surface area contributed by atoms with Crippen molar-refractivity contribution in [3.63, 3.8) is 0 Å². The van der Waals surface area contributed by atoms with E-state index < -0.39 is 0 Å². The van der Waals surface area contributed by atoms with Gasteiger partial charge in [0.1, 0.15) is 0 Å². The molecule has 3 heteroatoms. The maximum Gasteiger partial charge on any atom is 0.0910 e. The molecule has 3 unspecified atom stereocenters. The van der Waals surface area contributed by atoms with Crippen molar-refractivity contribution in [2.45, 2.75) is 25.0 Å². The van der Waals surface area contributed by atoms with Crippen molar-refractivity contribution in [1.82, 2.24) is 0 Å². The fraction of sp³-hybridized carbons (Fsp3) is 0.538. The van der Waals surface area contributed by atoms with Crippen molar-refractivity contribution >= 4 is 0 Å². The maximum absolute atomic E-state index is 5.84. The quantitative estimate of drug-likeness (QED) is 0.799. The van der Waals surface area contributed by atoms with E-state index in [1.54, 1.807) is 14.2 Å². The van der Waals surface area contributed by atoms with Crippen LogP contribution in [0.2, 0.25) is 0 Å². The SMILES string of the molecule is COC(C)C(OC)C(CN)c1ccccc1. The van der Waals surface area contributed by atoms with Gasteiger partial charge in [0.2, 0.25) is 0 Å². The highest BCUT2D eigenvalue weighted by Crippen LogP contribution is 2.23. The minimum Gasteiger partial charge on any atom is -0.379 e. The van der Waals surface area contributed by atoms with Crippen LogP contribution < -0.4 is 5.73 Å². The van der Waals surface area contributed by atoms with Gasteiger partial charge in [0.05, 0.1) is 12.2 Å². The molecule has 0 aliphatic carbocycles.